The highest BCUT2D eigenvalue weighted by atomic mass is 16.5. The summed E-state index contributed by atoms with van der Waals surface area (Å²) >= 11 is 0. The topological polar surface area (TPSA) is 117 Å². The monoisotopic (exact) mass is 466 g/mol. The lowest BCUT2D eigenvalue weighted by atomic mass is 9.67. The van der Waals surface area contributed by atoms with Crippen molar-refractivity contribution in [1.82, 2.24) is 39.9 Å². The van der Waals surface area contributed by atoms with E-state index in [0.717, 1.165) is 48.3 Å². The van der Waals surface area contributed by atoms with E-state index in [2.05, 4.69) is 30.3 Å². The summed E-state index contributed by atoms with van der Waals surface area (Å²) in [5.74, 6) is 2.53. The number of ether oxygens (including phenoxy) is 1. The molecule has 1 saturated carbocycles. The molecule has 0 N–H and O–H groups in total. The predicted molar refractivity (Wildman–Crippen MR) is 125 cm³/mol. The Kier molecular flexibility index (Phi) is 4.58. The molecule has 5 heterocycles. The molecule has 5 aromatic heterocycles. The summed E-state index contributed by atoms with van der Waals surface area (Å²) < 4.78 is 13.6. The van der Waals surface area contributed by atoms with Crippen molar-refractivity contribution >= 4 is 5.65 Å². The van der Waals surface area contributed by atoms with Crippen LogP contribution in [0, 0.1) is 6.92 Å². The molecule has 2 bridgehead atoms. The molecule has 10 heteroatoms. The van der Waals surface area contributed by atoms with Gasteiger partial charge in [-0.15, -0.1) is 15.3 Å². The van der Waals surface area contributed by atoms with E-state index in [4.69, 9.17) is 14.4 Å². The van der Waals surface area contributed by atoms with Gasteiger partial charge in [0, 0.05) is 34.8 Å². The minimum Gasteiger partial charge on any atom is -0.470 e. The van der Waals surface area contributed by atoms with Gasteiger partial charge in [0.1, 0.15) is 6.61 Å². The van der Waals surface area contributed by atoms with Gasteiger partial charge in [-0.3, -0.25) is 9.97 Å². The molecule has 3 aliphatic carbocycles. The van der Waals surface area contributed by atoms with Gasteiger partial charge in [0.15, 0.2) is 5.65 Å². The van der Waals surface area contributed by atoms with Crippen molar-refractivity contribution in [3.05, 3.63) is 65.2 Å². The van der Waals surface area contributed by atoms with E-state index in [-0.39, 0.29) is 5.89 Å². The van der Waals surface area contributed by atoms with E-state index in [9.17, 15) is 0 Å². The predicted octanol–water partition coefficient (Wildman–Crippen LogP) is 4.27. The smallest absolute Gasteiger partial charge is 0.298 e. The zero-order chi connectivity index (χ0) is 23.4. The quantitative estimate of drug-likeness (QED) is 0.374. The van der Waals surface area contributed by atoms with E-state index in [0.29, 0.717) is 36.0 Å². The largest absolute Gasteiger partial charge is 0.470 e. The first-order chi connectivity index (χ1) is 17.2. The van der Waals surface area contributed by atoms with Crippen molar-refractivity contribution in [2.24, 2.45) is 0 Å². The molecule has 5 aromatic rings. The zero-order valence-corrected chi connectivity index (χ0v) is 19.1. The summed E-state index contributed by atoms with van der Waals surface area (Å²) in [5, 5.41) is 17.9. The molecule has 0 saturated heterocycles. The van der Waals surface area contributed by atoms with Gasteiger partial charge in [0.25, 0.3) is 5.89 Å². The fraction of sp³-hybridized carbons (Fsp3) is 0.320. The molecule has 35 heavy (non-hydrogen) atoms. The normalized spacial score (nSPS) is 18.7. The maximum atomic E-state index is 6.32. The van der Waals surface area contributed by atoms with Crippen LogP contribution in [-0.4, -0.2) is 39.9 Å². The fourth-order valence-corrected chi connectivity index (χ4v) is 5.38. The van der Waals surface area contributed by atoms with Gasteiger partial charge in [-0.05, 0) is 68.7 Å². The van der Waals surface area contributed by atoms with E-state index < -0.39 is 0 Å². The van der Waals surface area contributed by atoms with Crippen LogP contribution in [0.15, 0.2) is 47.2 Å². The standard InChI is InChI=1S/C25H22N8O2/c1-14-4-2-6-18(27-14)13-34-24-20-16-9-7-15(8-10-16)19(20)22-29-30-23(33(22)31-24)25-28-21(32-35-25)17-5-3-11-26-12-17/h2-6,11-12,15-16H,7-10,13H2,1H3. The Bertz CT molecular complexity index is 1540. The minimum atomic E-state index is 0.246. The number of rotatable bonds is 5. The first kappa shape index (κ1) is 20.2. The van der Waals surface area contributed by atoms with Gasteiger partial charge in [-0.2, -0.15) is 9.50 Å². The van der Waals surface area contributed by atoms with Crippen LogP contribution in [0.4, 0.5) is 0 Å². The molecule has 1 fully saturated rings. The molecule has 3 aliphatic rings. The van der Waals surface area contributed by atoms with E-state index in [1.807, 2.05) is 37.3 Å². The highest BCUT2D eigenvalue weighted by Crippen LogP contribution is 2.53. The third kappa shape index (κ3) is 3.36. The van der Waals surface area contributed by atoms with Gasteiger partial charge in [-0.1, -0.05) is 11.2 Å². The second-order valence-electron chi connectivity index (χ2n) is 9.16. The second-order valence-corrected chi connectivity index (χ2v) is 9.16. The van der Waals surface area contributed by atoms with Gasteiger partial charge < -0.3 is 9.26 Å². The summed E-state index contributed by atoms with van der Waals surface area (Å²) in [7, 11) is 0. The minimum absolute atomic E-state index is 0.246. The van der Waals surface area contributed by atoms with Crippen molar-refractivity contribution in [3.8, 4) is 29.0 Å². The lowest BCUT2D eigenvalue weighted by molar-refractivity contribution is 0.264. The van der Waals surface area contributed by atoms with Gasteiger partial charge >= 0.3 is 0 Å². The molecule has 8 rings (SSSR count). The Morgan fingerprint density at radius 2 is 1.86 bits per heavy atom. The van der Waals surface area contributed by atoms with Crippen molar-refractivity contribution in [3.63, 3.8) is 0 Å². The average Bonchev–Trinajstić information content (AvgIpc) is 3.56. The maximum absolute atomic E-state index is 6.32. The molecule has 10 nitrogen and oxygen atoms in total. The number of fused-ring (bicyclic) bond motifs is 3. The van der Waals surface area contributed by atoms with Crippen LogP contribution in [0.1, 0.15) is 60.0 Å². The lowest BCUT2D eigenvalue weighted by Crippen LogP contribution is -2.25. The Morgan fingerprint density at radius 3 is 2.66 bits per heavy atom. The first-order valence-corrected chi connectivity index (χ1v) is 11.8. The zero-order valence-electron chi connectivity index (χ0n) is 19.1. The maximum Gasteiger partial charge on any atom is 0.298 e. The van der Waals surface area contributed by atoms with Gasteiger partial charge in [0.05, 0.1) is 5.69 Å². The van der Waals surface area contributed by atoms with Crippen molar-refractivity contribution in [1.29, 1.82) is 0 Å². The number of aryl methyl sites for hydroxylation is 1. The average molecular weight is 467 g/mol. The van der Waals surface area contributed by atoms with Crippen LogP contribution in [0.5, 0.6) is 5.88 Å². The van der Waals surface area contributed by atoms with Crippen LogP contribution in [0.3, 0.4) is 0 Å². The van der Waals surface area contributed by atoms with Crippen molar-refractivity contribution < 1.29 is 9.26 Å². The van der Waals surface area contributed by atoms with E-state index in [1.165, 1.54) is 11.1 Å². The van der Waals surface area contributed by atoms with Crippen molar-refractivity contribution in [2.75, 3.05) is 0 Å². The highest BCUT2D eigenvalue weighted by Gasteiger charge is 2.39. The first-order valence-electron chi connectivity index (χ1n) is 11.8. The van der Waals surface area contributed by atoms with E-state index >= 15 is 0 Å². The van der Waals surface area contributed by atoms with Gasteiger partial charge in [-0.25, -0.2) is 0 Å². The Labute approximate surface area is 200 Å². The molecule has 0 aromatic carbocycles. The molecule has 0 unspecified atom stereocenters. The molecular weight excluding hydrogens is 444 g/mol. The Morgan fingerprint density at radius 1 is 1.00 bits per heavy atom. The van der Waals surface area contributed by atoms with Crippen LogP contribution in [0.25, 0.3) is 28.8 Å². The second kappa shape index (κ2) is 7.93. The molecular formula is C25H22N8O2. The SMILES string of the molecule is Cc1cccc(COc2nn3c(-c4nc(-c5cccnc5)no4)nnc3c3c2C2CCC3CC2)n1. The third-order valence-corrected chi connectivity index (χ3v) is 6.98. The Balaban J connectivity index is 1.34. The third-order valence-electron chi connectivity index (χ3n) is 6.98. The van der Waals surface area contributed by atoms with Crippen LogP contribution < -0.4 is 4.74 Å². The molecule has 0 spiro atoms. The fourth-order valence-electron chi connectivity index (χ4n) is 5.38. The summed E-state index contributed by atoms with van der Waals surface area (Å²) in [6.45, 7) is 2.31. The van der Waals surface area contributed by atoms with Crippen LogP contribution in [0.2, 0.25) is 0 Å². The summed E-state index contributed by atoms with van der Waals surface area (Å²) in [6.07, 6.45) is 7.97. The number of hydrogen-bond donors (Lipinski definition) is 0. The summed E-state index contributed by atoms with van der Waals surface area (Å²) in [5.41, 5.74) is 5.69. The molecule has 0 atom stereocenters. The molecule has 0 aliphatic heterocycles. The number of pyridine rings is 2. The summed E-state index contributed by atoms with van der Waals surface area (Å²) in [6, 6.07) is 9.63. The summed E-state index contributed by atoms with van der Waals surface area (Å²) in [4.78, 5) is 13.2. The number of aromatic nitrogens is 8. The molecule has 0 amide bonds. The van der Waals surface area contributed by atoms with Crippen LogP contribution in [-0.2, 0) is 6.61 Å². The highest BCUT2D eigenvalue weighted by molar-refractivity contribution is 5.63. The van der Waals surface area contributed by atoms with Crippen LogP contribution >= 0.6 is 0 Å². The molecule has 174 valence electrons. The number of hydrogen-bond acceptors (Lipinski definition) is 9. The number of nitrogens with zero attached hydrogens (tertiary/aromatic N) is 8. The van der Waals surface area contributed by atoms with Crippen molar-refractivity contribution in [2.45, 2.75) is 51.0 Å². The van der Waals surface area contributed by atoms with Gasteiger partial charge in [0.2, 0.25) is 17.5 Å². The lowest BCUT2D eigenvalue weighted by Gasteiger charge is -2.38. The van der Waals surface area contributed by atoms with E-state index in [1.54, 1.807) is 16.9 Å². The Hall–Kier alpha value is -4.21. The molecule has 0 radical (unpaired) electrons.